The van der Waals surface area contributed by atoms with E-state index in [1.807, 2.05) is 0 Å². The van der Waals surface area contributed by atoms with E-state index in [2.05, 4.69) is 0 Å². The molecule has 1 aliphatic carbocycles. The third-order valence-electron chi connectivity index (χ3n) is 4.27. The number of rotatable bonds is 3. The van der Waals surface area contributed by atoms with Crippen molar-refractivity contribution in [1.29, 1.82) is 0 Å². The third-order valence-corrected chi connectivity index (χ3v) is 4.27. The standard InChI is InChI=1S/C14H18FNO3/c1-17-9-6-10-13(19-8-18-10)11(12(9)15)14(7-16)4-2-3-5-14/h6H,2-5,7-8,16H2,1H3. The molecule has 2 N–H and O–H groups in total. The molecular formula is C14H18FNO3. The van der Waals surface area contributed by atoms with Gasteiger partial charge in [0.25, 0.3) is 0 Å². The molecule has 0 spiro atoms. The first kappa shape index (κ1) is 12.5. The van der Waals surface area contributed by atoms with E-state index in [1.165, 1.54) is 7.11 Å². The molecule has 1 fully saturated rings. The predicted octanol–water partition coefficient (Wildman–Crippen LogP) is 2.33. The molecule has 4 nitrogen and oxygen atoms in total. The maximum Gasteiger partial charge on any atom is 0.231 e. The van der Waals surface area contributed by atoms with Gasteiger partial charge < -0.3 is 19.9 Å². The number of methoxy groups -OCH3 is 1. The van der Waals surface area contributed by atoms with Gasteiger partial charge in [-0.25, -0.2) is 4.39 Å². The normalized spacial score (nSPS) is 19.7. The summed E-state index contributed by atoms with van der Waals surface area (Å²) < 4.78 is 30.7. The van der Waals surface area contributed by atoms with Crippen molar-refractivity contribution in [3.05, 3.63) is 17.4 Å². The van der Waals surface area contributed by atoms with Crippen molar-refractivity contribution in [2.45, 2.75) is 31.1 Å². The Morgan fingerprint density at radius 3 is 2.74 bits per heavy atom. The summed E-state index contributed by atoms with van der Waals surface area (Å²) in [7, 11) is 1.45. The van der Waals surface area contributed by atoms with Crippen LogP contribution in [0.5, 0.6) is 17.2 Å². The van der Waals surface area contributed by atoms with Crippen LogP contribution >= 0.6 is 0 Å². The molecule has 1 aromatic carbocycles. The Balaban J connectivity index is 2.21. The summed E-state index contributed by atoms with van der Waals surface area (Å²) in [6.07, 6.45) is 3.87. The van der Waals surface area contributed by atoms with Gasteiger partial charge in [0.05, 0.1) is 7.11 Å². The maximum absolute atomic E-state index is 14.7. The minimum Gasteiger partial charge on any atom is -0.494 e. The fourth-order valence-electron chi connectivity index (χ4n) is 3.23. The number of hydrogen-bond acceptors (Lipinski definition) is 4. The van der Waals surface area contributed by atoms with Gasteiger partial charge in [-0.3, -0.25) is 0 Å². The summed E-state index contributed by atoms with van der Waals surface area (Å²) in [6, 6.07) is 1.54. The lowest BCUT2D eigenvalue weighted by atomic mass is 9.78. The van der Waals surface area contributed by atoms with Gasteiger partial charge >= 0.3 is 0 Å². The zero-order chi connectivity index (χ0) is 13.5. The zero-order valence-electron chi connectivity index (χ0n) is 11.0. The van der Waals surface area contributed by atoms with Gasteiger partial charge in [0.1, 0.15) is 0 Å². The van der Waals surface area contributed by atoms with Crippen LogP contribution in [0.4, 0.5) is 4.39 Å². The Bertz CT molecular complexity index is 497. The van der Waals surface area contributed by atoms with Crippen LogP contribution in [0.2, 0.25) is 0 Å². The van der Waals surface area contributed by atoms with Crippen LogP contribution in [-0.4, -0.2) is 20.4 Å². The third kappa shape index (κ3) is 1.75. The van der Waals surface area contributed by atoms with Crippen molar-refractivity contribution in [3.63, 3.8) is 0 Å². The molecule has 0 bridgehead atoms. The molecule has 0 saturated heterocycles. The summed E-state index contributed by atoms with van der Waals surface area (Å²) in [4.78, 5) is 0. The molecule has 0 atom stereocenters. The lowest BCUT2D eigenvalue weighted by Crippen LogP contribution is -2.33. The van der Waals surface area contributed by atoms with Gasteiger partial charge in [-0.15, -0.1) is 0 Å². The lowest BCUT2D eigenvalue weighted by Gasteiger charge is -2.29. The Labute approximate surface area is 111 Å². The molecule has 1 aliphatic heterocycles. The van der Waals surface area contributed by atoms with Crippen LogP contribution in [0.1, 0.15) is 31.2 Å². The second-order valence-corrected chi connectivity index (χ2v) is 5.19. The van der Waals surface area contributed by atoms with Crippen molar-refractivity contribution in [3.8, 4) is 17.2 Å². The van der Waals surface area contributed by atoms with Crippen LogP contribution in [0.25, 0.3) is 0 Å². The number of hydrogen-bond donors (Lipinski definition) is 1. The average molecular weight is 267 g/mol. The molecule has 3 rings (SSSR count). The molecule has 2 aliphatic rings. The number of fused-ring (bicyclic) bond motifs is 1. The fraction of sp³-hybridized carbons (Fsp3) is 0.571. The molecule has 1 heterocycles. The van der Waals surface area contributed by atoms with E-state index in [0.29, 0.717) is 23.6 Å². The summed E-state index contributed by atoms with van der Waals surface area (Å²) in [5.74, 6) is 0.886. The molecule has 0 radical (unpaired) electrons. The first-order valence-electron chi connectivity index (χ1n) is 6.58. The lowest BCUT2D eigenvalue weighted by molar-refractivity contribution is 0.171. The quantitative estimate of drug-likeness (QED) is 0.913. The average Bonchev–Trinajstić information content (AvgIpc) is 3.06. The molecule has 1 saturated carbocycles. The van der Waals surface area contributed by atoms with E-state index >= 15 is 0 Å². The van der Waals surface area contributed by atoms with Gasteiger partial charge in [-0.05, 0) is 12.8 Å². The van der Waals surface area contributed by atoms with E-state index < -0.39 is 0 Å². The molecule has 1 aromatic rings. The van der Waals surface area contributed by atoms with Crippen LogP contribution in [-0.2, 0) is 5.41 Å². The van der Waals surface area contributed by atoms with E-state index in [9.17, 15) is 4.39 Å². The molecule has 0 aromatic heterocycles. The topological polar surface area (TPSA) is 53.7 Å². The first-order valence-corrected chi connectivity index (χ1v) is 6.58. The minimum absolute atomic E-state index is 0.121. The highest BCUT2D eigenvalue weighted by Gasteiger charge is 2.42. The highest BCUT2D eigenvalue weighted by atomic mass is 19.1. The predicted molar refractivity (Wildman–Crippen MR) is 68.3 cm³/mol. The van der Waals surface area contributed by atoms with E-state index in [-0.39, 0.29) is 23.8 Å². The summed E-state index contributed by atoms with van der Waals surface area (Å²) >= 11 is 0. The zero-order valence-corrected chi connectivity index (χ0v) is 11.0. The SMILES string of the molecule is COc1cc2c(c(C3(CN)CCCC3)c1F)OCO2. The summed E-state index contributed by atoms with van der Waals surface area (Å²) in [5.41, 5.74) is 6.14. The molecular weight excluding hydrogens is 249 g/mol. The Morgan fingerprint density at radius 2 is 2.11 bits per heavy atom. The monoisotopic (exact) mass is 267 g/mol. The second-order valence-electron chi connectivity index (χ2n) is 5.19. The van der Waals surface area contributed by atoms with Gasteiger partial charge in [-0.2, -0.15) is 0 Å². The first-order chi connectivity index (χ1) is 9.22. The smallest absolute Gasteiger partial charge is 0.231 e. The Kier molecular flexibility index (Phi) is 3.01. The summed E-state index contributed by atoms with van der Waals surface area (Å²) in [5, 5.41) is 0. The van der Waals surface area contributed by atoms with Crippen molar-refractivity contribution >= 4 is 0 Å². The van der Waals surface area contributed by atoms with E-state index in [4.69, 9.17) is 19.9 Å². The highest BCUT2D eigenvalue weighted by molar-refractivity contribution is 5.57. The van der Waals surface area contributed by atoms with Gasteiger partial charge in [0.15, 0.2) is 23.1 Å². The molecule has 0 amide bonds. The number of benzene rings is 1. The molecule has 0 unspecified atom stereocenters. The molecule has 5 heteroatoms. The van der Waals surface area contributed by atoms with Crippen molar-refractivity contribution in [2.24, 2.45) is 5.73 Å². The minimum atomic E-state index is -0.362. The Hall–Kier alpha value is -1.49. The van der Waals surface area contributed by atoms with Gasteiger partial charge in [0, 0.05) is 23.6 Å². The summed E-state index contributed by atoms with van der Waals surface area (Å²) in [6.45, 7) is 0.530. The van der Waals surface area contributed by atoms with Crippen molar-refractivity contribution < 1.29 is 18.6 Å². The van der Waals surface area contributed by atoms with Gasteiger partial charge in [0.2, 0.25) is 6.79 Å². The van der Waals surface area contributed by atoms with Crippen molar-refractivity contribution in [2.75, 3.05) is 20.4 Å². The van der Waals surface area contributed by atoms with Crippen LogP contribution in [0.15, 0.2) is 6.07 Å². The van der Waals surface area contributed by atoms with E-state index in [0.717, 1.165) is 25.7 Å². The largest absolute Gasteiger partial charge is 0.494 e. The van der Waals surface area contributed by atoms with Crippen molar-refractivity contribution in [1.82, 2.24) is 0 Å². The number of halogens is 1. The highest BCUT2D eigenvalue weighted by Crippen LogP contribution is 2.51. The molecule has 104 valence electrons. The molecule has 19 heavy (non-hydrogen) atoms. The number of nitrogens with two attached hydrogens (primary N) is 1. The maximum atomic E-state index is 14.7. The van der Waals surface area contributed by atoms with Gasteiger partial charge in [-0.1, -0.05) is 12.8 Å². The van der Waals surface area contributed by atoms with Crippen LogP contribution < -0.4 is 19.9 Å². The van der Waals surface area contributed by atoms with E-state index in [1.54, 1.807) is 6.07 Å². The fourth-order valence-corrected chi connectivity index (χ4v) is 3.23. The second kappa shape index (κ2) is 4.56. The number of ether oxygens (including phenoxy) is 3. The van der Waals surface area contributed by atoms with Crippen LogP contribution in [0, 0.1) is 5.82 Å². The van der Waals surface area contributed by atoms with Crippen LogP contribution in [0.3, 0.4) is 0 Å². The Morgan fingerprint density at radius 1 is 1.37 bits per heavy atom.